The van der Waals surface area contributed by atoms with Gasteiger partial charge < -0.3 is 4.90 Å². The van der Waals surface area contributed by atoms with Crippen LogP contribution in [-0.2, 0) is 6.54 Å². The smallest absolute Gasteiger partial charge is 0.269 e. The van der Waals surface area contributed by atoms with E-state index < -0.39 is 4.92 Å². The third kappa shape index (κ3) is 3.25. The first-order valence-electron chi connectivity index (χ1n) is 7.12. The summed E-state index contributed by atoms with van der Waals surface area (Å²) >= 11 is 7.53. The van der Waals surface area contributed by atoms with Gasteiger partial charge in [-0.15, -0.1) is 11.3 Å². The second-order valence-corrected chi connectivity index (χ2v) is 6.83. The Kier molecular flexibility index (Phi) is 4.51. The van der Waals surface area contributed by atoms with Crippen molar-refractivity contribution in [3.63, 3.8) is 0 Å². The van der Waals surface area contributed by atoms with Gasteiger partial charge in [-0.2, -0.15) is 0 Å². The number of hydrogen-bond acceptors (Lipinski definition) is 4. The lowest BCUT2D eigenvalue weighted by Crippen LogP contribution is -2.25. The highest BCUT2D eigenvalue weighted by molar-refractivity contribution is 7.20. The second-order valence-electron chi connectivity index (χ2n) is 5.34. The number of hydrogen-bond donors (Lipinski definition) is 0. The van der Waals surface area contributed by atoms with E-state index in [1.807, 2.05) is 30.3 Å². The molecule has 0 bridgehead atoms. The Hall–Kier alpha value is -2.44. The van der Waals surface area contributed by atoms with Gasteiger partial charge in [0, 0.05) is 35.4 Å². The average Bonchev–Trinajstić information content (AvgIpc) is 2.99. The van der Waals surface area contributed by atoms with E-state index in [-0.39, 0.29) is 18.1 Å². The topological polar surface area (TPSA) is 63.4 Å². The lowest BCUT2D eigenvalue weighted by Gasteiger charge is -2.17. The fraction of sp³-hybridized carbons (Fsp3) is 0.118. The number of carbonyl (C=O) groups excluding carboxylic acids is 1. The standard InChI is InChI=1S/C17H13ClN2O3S/c1-19(10-12-8-13(20(22)23)6-7-14(12)18)17(21)16-9-11-4-2-3-5-15(11)24-16/h2-9H,10H2,1H3. The molecule has 0 aliphatic rings. The van der Waals surface area contributed by atoms with Crippen molar-refractivity contribution in [3.05, 3.63) is 74.1 Å². The summed E-state index contributed by atoms with van der Waals surface area (Å²) < 4.78 is 1.04. The van der Waals surface area contributed by atoms with Crippen LogP contribution < -0.4 is 0 Å². The van der Waals surface area contributed by atoms with E-state index in [0.29, 0.717) is 15.5 Å². The molecule has 0 fully saturated rings. The maximum absolute atomic E-state index is 12.6. The van der Waals surface area contributed by atoms with E-state index in [0.717, 1.165) is 10.1 Å². The van der Waals surface area contributed by atoms with Crippen LogP contribution in [0.15, 0.2) is 48.5 Å². The number of amides is 1. The highest BCUT2D eigenvalue weighted by Crippen LogP contribution is 2.27. The minimum absolute atomic E-state index is 0.0443. The minimum Gasteiger partial charge on any atom is -0.337 e. The van der Waals surface area contributed by atoms with Crippen molar-refractivity contribution < 1.29 is 9.72 Å². The van der Waals surface area contributed by atoms with Crippen LogP contribution in [0.5, 0.6) is 0 Å². The van der Waals surface area contributed by atoms with Crippen LogP contribution in [0.2, 0.25) is 5.02 Å². The summed E-state index contributed by atoms with van der Waals surface area (Å²) in [7, 11) is 1.65. The molecule has 5 nitrogen and oxygen atoms in total. The van der Waals surface area contributed by atoms with E-state index in [1.54, 1.807) is 7.05 Å². The molecule has 0 unspecified atom stereocenters. The molecule has 0 saturated heterocycles. The summed E-state index contributed by atoms with van der Waals surface area (Å²) in [4.78, 5) is 25.2. The van der Waals surface area contributed by atoms with Crippen LogP contribution in [0, 0.1) is 10.1 Å². The zero-order chi connectivity index (χ0) is 17.3. The molecule has 2 aromatic carbocycles. The number of halogens is 1. The summed E-state index contributed by atoms with van der Waals surface area (Å²) in [6, 6.07) is 13.9. The van der Waals surface area contributed by atoms with E-state index in [2.05, 4.69) is 0 Å². The van der Waals surface area contributed by atoms with Gasteiger partial charge in [-0.3, -0.25) is 14.9 Å². The SMILES string of the molecule is CN(Cc1cc([N+](=O)[O-])ccc1Cl)C(=O)c1cc2ccccc2s1. The van der Waals surface area contributed by atoms with Crippen LogP contribution >= 0.6 is 22.9 Å². The van der Waals surface area contributed by atoms with Crippen molar-refractivity contribution in [1.29, 1.82) is 0 Å². The van der Waals surface area contributed by atoms with E-state index in [4.69, 9.17) is 11.6 Å². The van der Waals surface area contributed by atoms with Gasteiger partial charge in [-0.05, 0) is 29.1 Å². The Morgan fingerprint density at radius 1 is 1.25 bits per heavy atom. The average molecular weight is 361 g/mol. The van der Waals surface area contributed by atoms with E-state index in [9.17, 15) is 14.9 Å². The first-order chi connectivity index (χ1) is 11.5. The highest BCUT2D eigenvalue weighted by atomic mass is 35.5. The number of fused-ring (bicyclic) bond motifs is 1. The van der Waals surface area contributed by atoms with Crippen molar-refractivity contribution in [2.45, 2.75) is 6.54 Å². The molecule has 7 heteroatoms. The Bertz CT molecular complexity index is 905. The summed E-state index contributed by atoms with van der Waals surface area (Å²) in [5.74, 6) is -0.140. The first-order valence-corrected chi connectivity index (χ1v) is 8.32. The fourth-order valence-electron chi connectivity index (χ4n) is 2.40. The van der Waals surface area contributed by atoms with Crippen LogP contribution in [0.4, 0.5) is 5.69 Å². The molecule has 24 heavy (non-hydrogen) atoms. The van der Waals surface area contributed by atoms with Crippen molar-refractivity contribution in [1.82, 2.24) is 4.90 Å². The molecule has 3 aromatic rings. The lowest BCUT2D eigenvalue weighted by molar-refractivity contribution is -0.384. The number of rotatable bonds is 4. The molecule has 0 saturated carbocycles. The molecule has 0 aliphatic heterocycles. The number of nitrogens with zero attached hydrogens (tertiary/aromatic N) is 2. The molecule has 1 heterocycles. The van der Waals surface area contributed by atoms with Crippen molar-refractivity contribution in [2.24, 2.45) is 0 Å². The molecular formula is C17H13ClN2O3S. The van der Waals surface area contributed by atoms with Crippen LogP contribution in [-0.4, -0.2) is 22.8 Å². The Balaban J connectivity index is 1.84. The van der Waals surface area contributed by atoms with Crippen molar-refractivity contribution in [2.75, 3.05) is 7.05 Å². The van der Waals surface area contributed by atoms with Gasteiger partial charge in [0.15, 0.2) is 0 Å². The maximum Gasteiger partial charge on any atom is 0.269 e. The zero-order valence-corrected chi connectivity index (χ0v) is 14.3. The predicted octanol–water partition coefficient (Wildman–Crippen LogP) is 4.74. The van der Waals surface area contributed by atoms with Gasteiger partial charge in [0.2, 0.25) is 0 Å². The molecule has 0 spiro atoms. The predicted molar refractivity (Wildman–Crippen MR) is 95.7 cm³/mol. The molecular weight excluding hydrogens is 348 g/mol. The van der Waals surface area contributed by atoms with Crippen molar-refractivity contribution >= 4 is 44.6 Å². The van der Waals surface area contributed by atoms with E-state index in [1.165, 1.54) is 34.4 Å². The normalized spacial score (nSPS) is 10.8. The van der Waals surface area contributed by atoms with Gasteiger partial charge >= 0.3 is 0 Å². The van der Waals surface area contributed by atoms with Crippen LogP contribution in [0.3, 0.4) is 0 Å². The summed E-state index contributed by atoms with van der Waals surface area (Å²) in [6.45, 7) is 0.202. The molecule has 122 valence electrons. The number of non-ortho nitro benzene ring substituents is 1. The van der Waals surface area contributed by atoms with E-state index >= 15 is 0 Å². The summed E-state index contributed by atoms with van der Waals surface area (Å²) in [5, 5.41) is 12.3. The molecule has 3 rings (SSSR count). The monoisotopic (exact) mass is 360 g/mol. The van der Waals surface area contributed by atoms with Crippen LogP contribution in [0.1, 0.15) is 15.2 Å². The Labute approximate surface area is 147 Å². The Morgan fingerprint density at radius 3 is 2.71 bits per heavy atom. The van der Waals surface area contributed by atoms with Gasteiger partial charge in [0.25, 0.3) is 11.6 Å². The minimum atomic E-state index is -0.479. The molecule has 1 aromatic heterocycles. The molecule has 0 radical (unpaired) electrons. The zero-order valence-electron chi connectivity index (χ0n) is 12.7. The third-order valence-corrected chi connectivity index (χ3v) is 5.10. The number of benzene rings is 2. The summed E-state index contributed by atoms with van der Waals surface area (Å²) in [5.41, 5.74) is 0.500. The quantitative estimate of drug-likeness (QED) is 0.499. The lowest BCUT2D eigenvalue weighted by atomic mass is 10.2. The molecule has 0 atom stereocenters. The van der Waals surface area contributed by atoms with Gasteiger partial charge in [-0.25, -0.2) is 0 Å². The highest BCUT2D eigenvalue weighted by Gasteiger charge is 2.17. The fourth-order valence-corrected chi connectivity index (χ4v) is 3.63. The first kappa shape index (κ1) is 16.4. The number of carbonyl (C=O) groups is 1. The summed E-state index contributed by atoms with van der Waals surface area (Å²) in [6.07, 6.45) is 0. The largest absolute Gasteiger partial charge is 0.337 e. The second kappa shape index (κ2) is 6.59. The maximum atomic E-state index is 12.6. The Morgan fingerprint density at radius 2 is 2.00 bits per heavy atom. The molecule has 0 N–H and O–H groups in total. The van der Waals surface area contributed by atoms with Gasteiger partial charge in [0.1, 0.15) is 0 Å². The van der Waals surface area contributed by atoms with Crippen molar-refractivity contribution in [3.8, 4) is 0 Å². The third-order valence-electron chi connectivity index (χ3n) is 3.63. The van der Waals surface area contributed by atoms with Crippen LogP contribution in [0.25, 0.3) is 10.1 Å². The number of nitro groups is 1. The van der Waals surface area contributed by atoms with Gasteiger partial charge in [-0.1, -0.05) is 29.8 Å². The van der Waals surface area contributed by atoms with Gasteiger partial charge in [0.05, 0.1) is 9.80 Å². The molecule has 1 amide bonds. The number of nitro benzene ring substituents is 1. The number of thiophene rings is 1. The molecule has 0 aliphatic carbocycles.